The summed E-state index contributed by atoms with van der Waals surface area (Å²) in [5.41, 5.74) is -0.938. The molecule has 0 radical (unpaired) electrons. The molecule has 9 heteroatoms. The predicted molar refractivity (Wildman–Crippen MR) is 66.1 cm³/mol. The highest BCUT2D eigenvalue weighted by molar-refractivity contribution is 5.97. The first-order valence-electron chi connectivity index (χ1n) is 5.96. The van der Waals surface area contributed by atoms with Crippen LogP contribution in [0.5, 0.6) is 0 Å². The number of carbonyl (C=O) groups is 2. The van der Waals surface area contributed by atoms with Crippen LogP contribution in [0.3, 0.4) is 0 Å². The predicted octanol–water partition coefficient (Wildman–Crippen LogP) is 0.394. The molecule has 1 aromatic carbocycles. The summed E-state index contributed by atoms with van der Waals surface area (Å²) in [5, 5.41) is 29.1. The Kier molecular flexibility index (Phi) is 3.85. The SMILES string of the molecule is O=C(O)[C@H]1C[C@@H](O)CN1C(=O)c1cc(F)cc([N+](=O)[O-])c1. The van der Waals surface area contributed by atoms with Crippen molar-refractivity contribution in [2.75, 3.05) is 6.54 Å². The number of nitrogens with zero attached hydrogens (tertiary/aromatic N) is 2. The molecule has 1 saturated heterocycles. The molecular formula is C12H11FN2O6. The number of likely N-dealkylation sites (tertiary alicyclic amines) is 1. The van der Waals surface area contributed by atoms with E-state index in [1.807, 2.05) is 0 Å². The van der Waals surface area contributed by atoms with Gasteiger partial charge in [0.2, 0.25) is 0 Å². The number of rotatable bonds is 3. The number of carboxylic acid groups (broad SMARTS) is 1. The van der Waals surface area contributed by atoms with Gasteiger partial charge in [0.25, 0.3) is 11.6 Å². The van der Waals surface area contributed by atoms with Crippen LogP contribution in [0.4, 0.5) is 10.1 Å². The highest BCUT2D eigenvalue weighted by Crippen LogP contribution is 2.23. The molecule has 0 aromatic heterocycles. The molecule has 0 spiro atoms. The van der Waals surface area contributed by atoms with E-state index in [-0.39, 0.29) is 18.5 Å². The number of benzene rings is 1. The minimum Gasteiger partial charge on any atom is -0.480 e. The van der Waals surface area contributed by atoms with Gasteiger partial charge in [0, 0.05) is 24.6 Å². The molecular weight excluding hydrogens is 287 g/mol. The van der Waals surface area contributed by atoms with Gasteiger partial charge in [-0.15, -0.1) is 0 Å². The minimum absolute atomic E-state index is 0.140. The highest BCUT2D eigenvalue weighted by Gasteiger charge is 2.39. The Bertz CT molecular complexity index is 620. The van der Waals surface area contributed by atoms with Gasteiger partial charge in [0.15, 0.2) is 0 Å². The van der Waals surface area contributed by atoms with Crippen LogP contribution in [0.25, 0.3) is 0 Å². The molecule has 2 rings (SSSR count). The summed E-state index contributed by atoms with van der Waals surface area (Å²) < 4.78 is 13.3. The summed E-state index contributed by atoms with van der Waals surface area (Å²) in [6.45, 7) is -0.222. The van der Waals surface area contributed by atoms with Crippen molar-refractivity contribution < 1.29 is 29.1 Å². The van der Waals surface area contributed by atoms with Crippen molar-refractivity contribution in [2.45, 2.75) is 18.6 Å². The molecule has 1 fully saturated rings. The zero-order valence-corrected chi connectivity index (χ0v) is 10.6. The van der Waals surface area contributed by atoms with Crippen LogP contribution in [0.15, 0.2) is 18.2 Å². The lowest BCUT2D eigenvalue weighted by Crippen LogP contribution is -2.40. The van der Waals surface area contributed by atoms with E-state index < -0.39 is 40.5 Å². The maximum Gasteiger partial charge on any atom is 0.326 e. The summed E-state index contributed by atoms with van der Waals surface area (Å²) >= 11 is 0. The fraction of sp³-hybridized carbons (Fsp3) is 0.333. The third kappa shape index (κ3) is 2.97. The fourth-order valence-corrected chi connectivity index (χ4v) is 2.24. The van der Waals surface area contributed by atoms with E-state index in [2.05, 4.69) is 0 Å². The number of carboxylic acids is 1. The molecule has 1 aliphatic rings. The average molecular weight is 298 g/mol. The topological polar surface area (TPSA) is 121 Å². The van der Waals surface area contributed by atoms with E-state index in [0.29, 0.717) is 6.07 Å². The lowest BCUT2D eigenvalue weighted by atomic mass is 10.1. The molecule has 1 aromatic rings. The Morgan fingerprint density at radius 2 is 2.05 bits per heavy atom. The van der Waals surface area contributed by atoms with Gasteiger partial charge in [-0.1, -0.05) is 0 Å². The number of aliphatic hydroxyl groups excluding tert-OH is 1. The normalized spacial score (nSPS) is 21.3. The third-order valence-electron chi connectivity index (χ3n) is 3.17. The number of aliphatic carboxylic acids is 1. The second-order valence-electron chi connectivity index (χ2n) is 4.66. The largest absolute Gasteiger partial charge is 0.480 e. The summed E-state index contributed by atoms with van der Waals surface area (Å²) in [4.78, 5) is 33.9. The standard InChI is InChI=1S/C12H11FN2O6/c13-7-1-6(2-8(3-7)15(20)21)11(17)14-5-9(16)4-10(14)12(18)19/h1-3,9-10,16H,4-5H2,(H,18,19)/t9-,10-/m1/s1. The van der Waals surface area contributed by atoms with E-state index in [1.165, 1.54) is 0 Å². The van der Waals surface area contributed by atoms with Crippen molar-refractivity contribution in [1.82, 2.24) is 4.90 Å². The summed E-state index contributed by atoms with van der Waals surface area (Å²) in [5.74, 6) is -3.15. The van der Waals surface area contributed by atoms with Crippen molar-refractivity contribution >= 4 is 17.6 Å². The molecule has 1 amide bonds. The van der Waals surface area contributed by atoms with Crippen LogP contribution in [0.2, 0.25) is 0 Å². The summed E-state index contributed by atoms with van der Waals surface area (Å²) in [6, 6.07) is 1.08. The molecule has 112 valence electrons. The molecule has 2 atom stereocenters. The van der Waals surface area contributed by atoms with Gasteiger partial charge in [-0.3, -0.25) is 14.9 Å². The quantitative estimate of drug-likeness (QED) is 0.615. The van der Waals surface area contributed by atoms with Gasteiger partial charge < -0.3 is 15.1 Å². The molecule has 0 bridgehead atoms. The van der Waals surface area contributed by atoms with E-state index in [9.17, 15) is 29.2 Å². The van der Waals surface area contributed by atoms with E-state index in [0.717, 1.165) is 17.0 Å². The number of carbonyl (C=O) groups excluding carboxylic acids is 1. The van der Waals surface area contributed by atoms with Crippen molar-refractivity contribution in [3.05, 3.63) is 39.7 Å². The first-order chi connectivity index (χ1) is 9.79. The number of hydrogen-bond donors (Lipinski definition) is 2. The van der Waals surface area contributed by atoms with Crippen LogP contribution in [-0.4, -0.2) is 50.6 Å². The number of aliphatic hydroxyl groups is 1. The smallest absolute Gasteiger partial charge is 0.326 e. The van der Waals surface area contributed by atoms with E-state index in [1.54, 1.807) is 0 Å². The second kappa shape index (κ2) is 5.44. The first-order valence-corrected chi connectivity index (χ1v) is 5.96. The maximum atomic E-state index is 13.3. The van der Waals surface area contributed by atoms with Crippen LogP contribution >= 0.6 is 0 Å². The van der Waals surface area contributed by atoms with Crippen LogP contribution in [0.1, 0.15) is 16.8 Å². The van der Waals surface area contributed by atoms with Crippen molar-refractivity contribution in [3.63, 3.8) is 0 Å². The zero-order chi connectivity index (χ0) is 15.7. The highest BCUT2D eigenvalue weighted by atomic mass is 19.1. The van der Waals surface area contributed by atoms with Crippen molar-refractivity contribution in [1.29, 1.82) is 0 Å². The lowest BCUT2D eigenvalue weighted by Gasteiger charge is -2.21. The molecule has 8 nitrogen and oxygen atoms in total. The number of amides is 1. The molecule has 21 heavy (non-hydrogen) atoms. The third-order valence-corrected chi connectivity index (χ3v) is 3.17. The molecule has 0 unspecified atom stereocenters. The monoisotopic (exact) mass is 298 g/mol. The van der Waals surface area contributed by atoms with Gasteiger partial charge >= 0.3 is 5.97 Å². The Balaban J connectivity index is 2.35. The van der Waals surface area contributed by atoms with Gasteiger partial charge in [-0.2, -0.15) is 0 Å². The summed E-state index contributed by atoms with van der Waals surface area (Å²) in [6.07, 6.45) is -1.14. The van der Waals surface area contributed by atoms with Crippen molar-refractivity contribution in [3.8, 4) is 0 Å². The van der Waals surface area contributed by atoms with Gasteiger partial charge in [0.1, 0.15) is 11.9 Å². The molecule has 1 heterocycles. The second-order valence-corrected chi connectivity index (χ2v) is 4.66. The van der Waals surface area contributed by atoms with Gasteiger partial charge in [-0.05, 0) is 6.07 Å². The number of nitro benzene ring substituents is 1. The number of hydrogen-bond acceptors (Lipinski definition) is 5. The molecule has 0 aliphatic carbocycles. The van der Waals surface area contributed by atoms with E-state index >= 15 is 0 Å². The number of non-ortho nitro benzene ring substituents is 1. The Hall–Kier alpha value is -2.55. The average Bonchev–Trinajstić information content (AvgIpc) is 2.79. The molecule has 2 N–H and O–H groups in total. The maximum absolute atomic E-state index is 13.3. The van der Waals surface area contributed by atoms with Gasteiger partial charge in [-0.25, -0.2) is 9.18 Å². The summed E-state index contributed by atoms with van der Waals surface area (Å²) in [7, 11) is 0. The van der Waals surface area contributed by atoms with Crippen LogP contribution in [-0.2, 0) is 4.79 Å². The Morgan fingerprint density at radius 3 is 2.62 bits per heavy atom. The fourth-order valence-electron chi connectivity index (χ4n) is 2.24. The van der Waals surface area contributed by atoms with Crippen molar-refractivity contribution in [2.24, 2.45) is 0 Å². The van der Waals surface area contributed by atoms with Crippen LogP contribution in [0, 0.1) is 15.9 Å². The molecule has 0 saturated carbocycles. The zero-order valence-electron chi connectivity index (χ0n) is 10.6. The van der Waals surface area contributed by atoms with E-state index in [4.69, 9.17) is 5.11 Å². The van der Waals surface area contributed by atoms with Gasteiger partial charge in [0.05, 0.1) is 17.1 Å². The number of β-amino-alcohol motifs (C(OH)–C–C–N with tert-alkyl or cyclic N) is 1. The number of halogens is 1. The minimum atomic E-state index is -1.30. The Morgan fingerprint density at radius 1 is 1.38 bits per heavy atom. The van der Waals surface area contributed by atoms with Crippen LogP contribution < -0.4 is 0 Å². The number of nitro groups is 1. The lowest BCUT2D eigenvalue weighted by molar-refractivity contribution is -0.385. The Labute approximate surface area is 117 Å². The first kappa shape index (κ1) is 14.9. The molecule has 1 aliphatic heterocycles.